The number of ether oxygens (including phenoxy) is 2. The summed E-state index contributed by atoms with van der Waals surface area (Å²) in [6.07, 6.45) is 5.44. The van der Waals surface area contributed by atoms with Gasteiger partial charge in [-0.2, -0.15) is 0 Å². The molecular formula is C21H20Na2O6+2. The third kappa shape index (κ3) is 8.78. The molecule has 0 aliphatic heterocycles. The minimum atomic E-state index is -0.347. The third-order valence-corrected chi connectivity index (χ3v) is 3.68. The number of methoxy groups -OCH3 is 2. The standard InChI is InChI=1S/C21H20O6.2Na/c1-26-20-11-14(5-9-18(20)24)3-7-16(22)13-17(23)8-4-15-6-10-19(25)21(12-15)27-2;;/h3-12,24-25H,13H2,1-2H3;;/q;2*+1/b7-3+,8-4+;;. The van der Waals surface area contributed by atoms with Gasteiger partial charge in [0.2, 0.25) is 0 Å². The second-order valence-electron chi connectivity index (χ2n) is 5.64. The first kappa shape index (κ1) is 27.5. The van der Waals surface area contributed by atoms with E-state index in [0.29, 0.717) is 22.6 Å². The third-order valence-electron chi connectivity index (χ3n) is 3.68. The molecule has 0 aliphatic carbocycles. The molecule has 0 saturated carbocycles. The molecule has 0 spiro atoms. The van der Waals surface area contributed by atoms with Crippen molar-refractivity contribution in [2.45, 2.75) is 6.42 Å². The maximum Gasteiger partial charge on any atom is 1.00 e. The molecule has 0 amide bonds. The summed E-state index contributed by atoms with van der Waals surface area (Å²) in [6.45, 7) is 0. The number of rotatable bonds is 8. The van der Waals surface area contributed by atoms with Crippen LogP contribution in [0.15, 0.2) is 48.6 Å². The number of hydrogen-bond donors (Lipinski definition) is 2. The Balaban J connectivity index is 0.00000392. The number of ketones is 2. The van der Waals surface area contributed by atoms with Gasteiger partial charge in [0.1, 0.15) is 0 Å². The molecule has 0 heterocycles. The van der Waals surface area contributed by atoms with Gasteiger partial charge < -0.3 is 19.7 Å². The molecule has 2 N–H and O–H groups in total. The summed E-state index contributed by atoms with van der Waals surface area (Å²) in [5.41, 5.74) is 1.33. The van der Waals surface area contributed by atoms with E-state index >= 15 is 0 Å². The molecule has 0 atom stereocenters. The minimum Gasteiger partial charge on any atom is -0.504 e. The topological polar surface area (TPSA) is 93.1 Å². The second-order valence-corrected chi connectivity index (χ2v) is 5.64. The van der Waals surface area contributed by atoms with Gasteiger partial charge in [0.15, 0.2) is 34.6 Å². The van der Waals surface area contributed by atoms with Crippen LogP contribution in [0.1, 0.15) is 17.5 Å². The molecule has 140 valence electrons. The number of phenols is 2. The molecule has 29 heavy (non-hydrogen) atoms. The van der Waals surface area contributed by atoms with Crippen LogP contribution in [0.2, 0.25) is 0 Å². The molecular weight excluding hydrogens is 394 g/mol. The van der Waals surface area contributed by atoms with Crippen LogP contribution in [0.25, 0.3) is 12.2 Å². The van der Waals surface area contributed by atoms with E-state index in [2.05, 4.69) is 0 Å². The van der Waals surface area contributed by atoms with E-state index in [0.717, 1.165) is 0 Å². The van der Waals surface area contributed by atoms with Crippen molar-refractivity contribution in [1.29, 1.82) is 0 Å². The molecule has 2 aromatic rings. The maximum absolute atomic E-state index is 11.9. The van der Waals surface area contributed by atoms with Crippen molar-refractivity contribution in [3.63, 3.8) is 0 Å². The smallest absolute Gasteiger partial charge is 0.504 e. The fourth-order valence-corrected chi connectivity index (χ4v) is 2.26. The minimum absolute atomic E-state index is 0. The molecule has 2 aromatic carbocycles. The van der Waals surface area contributed by atoms with Crippen LogP contribution in [-0.4, -0.2) is 36.0 Å². The van der Waals surface area contributed by atoms with E-state index in [1.165, 1.54) is 38.5 Å². The summed E-state index contributed by atoms with van der Waals surface area (Å²) in [4.78, 5) is 23.9. The molecule has 0 aliphatic rings. The van der Waals surface area contributed by atoms with Crippen LogP contribution >= 0.6 is 0 Å². The second kappa shape index (κ2) is 13.6. The number of benzene rings is 2. The van der Waals surface area contributed by atoms with E-state index in [9.17, 15) is 19.8 Å². The summed E-state index contributed by atoms with van der Waals surface area (Å²) < 4.78 is 10.00. The van der Waals surface area contributed by atoms with E-state index < -0.39 is 0 Å². The predicted molar refractivity (Wildman–Crippen MR) is 102 cm³/mol. The van der Waals surface area contributed by atoms with Crippen molar-refractivity contribution in [1.82, 2.24) is 0 Å². The van der Waals surface area contributed by atoms with Gasteiger partial charge in [0.05, 0.1) is 20.6 Å². The zero-order valence-electron chi connectivity index (χ0n) is 17.0. The number of hydrogen-bond acceptors (Lipinski definition) is 6. The SMILES string of the molecule is COc1cc(/C=C/C(=O)CC(=O)/C=C/c2ccc(O)c(OC)c2)ccc1O.[Na+].[Na+]. The Morgan fingerprint density at radius 3 is 1.52 bits per heavy atom. The van der Waals surface area contributed by atoms with Crippen LogP contribution < -0.4 is 68.6 Å². The quantitative estimate of drug-likeness (QED) is 0.279. The Hall–Kier alpha value is -1.54. The summed E-state index contributed by atoms with van der Waals surface area (Å²) in [5, 5.41) is 19.1. The molecule has 8 heteroatoms. The van der Waals surface area contributed by atoms with E-state index in [1.807, 2.05) is 0 Å². The summed E-state index contributed by atoms with van der Waals surface area (Å²) >= 11 is 0. The van der Waals surface area contributed by atoms with Gasteiger partial charge in [0, 0.05) is 0 Å². The molecule has 0 saturated heterocycles. The first-order valence-electron chi connectivity index (χ1n) is 8.08. The molecule has 0 fully saturated rings. The molecule has 2 rings (SSSR count). The average Bonchev–Trinajstić information content (AvgIpc) is 2.66. The van der Waals surface area contributed by atoms with Crippen molar-refractivity contribution in [2.24, 2.45) is 0 Å². The van der Waals surface area contributed by atoms with Gasteiger partial charge in [-0.1, -0.05) is 24.3 Å². The molecule has 0 radical (unpaired) electrons. The Labute approximate surface area is 213 Å². The summed E-state index contributed by atoms with van der Waals surface area (Å²) in [6, 6.07) is 9.34. The number of allylic oxidation sites excluding steroid dienone is 2. The van der Waals surface area contributed by atoms with E-state index in [4.69, 9.17) is 9.47 Å². The van der Waals surface area contributed by atoms with Gasteiger partial charge in [-0.25, -0.2) is 0 Å². The van der Waals surface area contributed by atoms with Gasteiger partial charge in [-0.05, 0) is 47.5 Å². The number of aromatic hydroxyl groups is 2. The average molecular weight is 414 g/mol. The zero-order valence-corrected chi connectivity index (χ0v) is 21.0. The van der Waals surface area contributed by atoms with E-state index in [1.54, 1.807) is 36.4 Å². The Morgan fingerprint density at radius 1 is 0.793 bits per heavy atom. The van der Waals surface area contributed by atoms with Crippen LogP contribution in [0.5, 0.6) is 23.0 Å². The van der Waals surface area contributed by atoms with Crippen molar-refractivity contribution in [3.8, 4) is 23.0 Å². The maximum atomic E-state index is 11.9. The normalized spacial score (nSPS) is 10.3. The van der Waals surface area contributed by atoms with Crippen LogP contribution in [0.4, 0.5) is 0 Å². The van der Waals surface area contributed by atoms with Crippen molar-refractivity contribution < 1.29 is 88.4 Å². The van der Waals surface area contributed by atoms with E-state index in [-0.39, 0.29) is 88.6 Å². The summed E-state index contributed by atoms with van der Waals surface area (Å²) in [5.74, 6) is -0.0832. The number of carbonyl (C=O) groups is 2. The Morgan fingerprint density at radius 2 is 1.17 bits per heavy atom. The fraction of sp³-hybridized carbons (Fsp3) is 0.143. The molecule has 0 aromatic heterocycles. The molecule has 0 bridgehead atoms. The first-order valence-corrected chi connectivity index (χ1v) is 8.08. The van der Waals surface area contributed by atoms with Crippen molar-refractivity contribution >= 4 is 23.7 Å². The Kier molecular flexibility index (Phi) is 12.9. The largest absolute Gasteiger partial charge is 1.00 e. The number of phenolic OH excluding ortho intramolecular Hbond substituents is 2. The Bertz CT molecular complexity index is 833. The first-order chi connectivity index (χ1) is 12.9. The monoisotopic (exact) mass is 414 g/mol. The van der Waals surface area contributed by atoms with Crippen molar-refractivity contribution in [3.05, 3.63) is 59.7 Å². The zero-order chi connectivity index (χ0) is 19.8. The number of carbonyl (C=O) groups excluding carboxylic acids is 2. The predicted octanol–water partition coefficient (Wildman–Crippen LogP) is -2.62. The molecule has 6 nitrogen and oxygen atoms in total. The molecule has 0 unspecified atom stereocenters. The van der Waals surface area contributed by atoms with Crippen molar-refractivity contribution in [2.75, 3.05) is 14.2 Å². The van der Waals surface area contributed by atoms with Gasteiger partial charge in [0.25, 0.3) is 0 Å². The van der Waals surface area contributed by atoms with Gasteiger partial charge in [-0.15, -0.1) is 0 Å². The van der Waals surface area contributed by atoms with Crippen LogP contribution in [0.3, 0.4) is 0 Å². The van der Waals surface area contributed by atoms with Crippen LogP contribution in [-0.2, 0) is 9.59 Å². The van der Waals surface area contributed by atoms with Gasteiger partial charge >= 0.3 is 59.1 Å². The summed E-state index contributed by atoms with van der Waals surface area (Å²) in [7, 11) is 2.87. The fourth-order valence-electron chi connectivity index (χ4n) is 2.26. The van der Waals surface area contributed by atoms with Gasteiger partial charge in [-0.3, -0.25) is 9.59 Å². The van der Waals surface area contributed by atoms with Crippen LogP contribution in [0, 0.1) is 0 Å².